The SMILES string of the molecule is CCN(CC)CCNC(=O)c1ccc2nc3ccccc3nc2c1. The van der Waals surface area contributed by atoms with Crippen molar-refractivity contribution in [1.29, 1.82) is 0 Å². The van der Waals surface area contributed by atoms with Gasteiger partial charge in [-0.25, -0.2) is 9.97 Å². The molecular formula is C19H22N4O. The quantitative estimate of drug-likeness (QED) is 0.709. The molecule has 0 bridgehead atoms. The summed E-state index contributed by atoms with van der Waals surface area (Å²) < 4.78 is 0. The van der Waals surface area contributed by atoms with E-state index < -0.39 is 0 Å². The van der Waals surface area contributed by atoms with Crippen molar-refractivity contribution >= 4 is 28.0 Å². The normalized spacial score (nSPS) is 11.3. The molecule has 0 aliphatic carbocycles. The summed E-state index contributed by atoms with van der Waals surface area (Å²) in [4.78, 5) is 23.8. The number of nitrogens with zero attached hydrogens (tertiary/aromatic N) is 3. The minimum absolute atomic E-state index is 0.0704. The highest BCUT2D eigenvalue weighted by molar-refractivity contribution is 5.98. The molecule has 0 unspecified atom stereocenters. The molecule has 2 aromatic carbocycles. The van der Waals surface area contributed by atoms with Gasteiger partial charge in [-0.2, -0.15) is 0 Å². The lowest BCUT2D eigenvalue weighted by atomic mass is 10.1. The molecule has 0 aliphatic heterocycles. The van der Waals surface area contributed by atoms with Gasteiger partial charge in [-0.1, -0.05) is 26.0 Å². The van der Waals surface area contributed by atoms with Crippen LogP contribution in [0.1, 0.15) is 24.2 Å². The number of hydrogen-bond acceptors (Lipinski definition) is 4. The molecule has 0 fully saturated rings. The molecule has 3 rings (SSSR count). The number of nitrogens with one attached hydrogen (secondary N) is 1. The number of benzene rings is 2. The summed E-state index contributed by atoms with van der Waals surface area (Å²) in [5, 5.41) is 2.97. The minimum atomic E-state index is -0.0704. The number of amides is 1. The molecule has 0 aliphatic rings. The van der Waals surface area contributed by atoms with Gasteiger partial charge < -0.3 is 10.2 Å². The van der Waals surface area contributed by atoms with E-state index in [1.54, 1.807) is 6.07 Å². The molecule has 24 heavy (non-hydrogen) atoms. The Hall–Kier alpha value is -2.53. The van der Waals surface area contributed by atoms with Crippen molar-refractivity contribution in [2.75, 3.05) is 26.2 Å². The summed E-state index contributed by atoms with van der Waals surface area (Å²) in [6.07, 6.45) is 0. The van der Waals surface area contributed by atoms with E-state index >= 15 is 0 Å². The molecule has 1 heterocycles. The third-order valence-corrected chi connectivity index (χ3v) is 4.21. The highest BCUT2D eigenvalue weighted by Gasteiger charge is 2.09. The predicted molar refractivity (Wildman–Crippen MR) is 97.2 cm³/mol. The zero-order chi connectivity index (χ0) is 16.9. The molecule has 124 valence electrons. The van der Waals surface area contributed by atoms with Crippen molar-refractivity contribution < 1.29 is 4.79 Å². The number of aromatic nitrogens is 2. The summed E-state index contributed by atoms with van der Waals surface area (Å²) in [6.45, 7) is 7.73. The fourth-order valence-electron chi connectivity index (χ4n) is 2.73. The molecular weight excluding hydrogens is 300 g/mol. The Bertz CT molecular complexity index is 858. The molecule has 0 saturated carbocycles. The van der Waals surface area contributed by atoms with Crippen molar-refractivity contribution in [2.45, 2.75) is 13.8 Å². The van der Waals surface area contributed by atoms with Gasteiger partial charge in [0.05, 0.1) is 22.1 Å². The Morgan fingerprint density at radius 3 is 2.25 bits per heavy atom. The molecule has 0 spiro atoms. The van der Waals surface area contributed by atoms with Crippen molar-refractivity contribution in [3.63, 3.8) is 0 Å². The van der Waals surface area contributed by atoms with E-state index in [0.29, 0.717) is 12.1 Å². The molecule has 1 amide bonds. The third kappa shape index (κ3) is 3.51. The van der Waals surface area contributed by atoms with Gasteiger partial charge in [-0.05, 0) is 43.4 Å². The second kappa shape index (κ2) is 7.36. The van der Waals surface area contributed by atoms with Crippen LogP contribution in [0.2, 0.25) is 0 Å². The minimum Gasteiger partial charge on any atom is -0.351 e. The van der Waals surface area contributed by atoms with Crippen LogP contribution in [0.3, 0.4) is 0 Å². The molecule has 1 N–H and O–H groups in total. The van der Waals surface area contributed by atoms with Gasteiger partial charge >= 0.3 is 0 Å². The first kappa shape index (κ1) is 16.3. The maximum absolute atomic E-state index is 12.3. The van der Waals surface area contributed by atoms with Crippen LogP contribution in [0, 0.1) is 0 Å². The molecule has 0 atom stereocenters. The van der Waals surface area contributed by atoms with Gasteiger partial charge in [0.2, 0.25) is 0 Å². The van der Waals surface area contributed by atoms with E-state index in [9.17, 15) is 4.79 Å². The van der Waals surface area contributed by atoms with Crippen molar-refractivity contribution in [2.24, 2.45) is 0 Å². The number of para-hydroxylation sites is 2. The van der Waals surface area contributed by atoms with Crippen molar-refractivity contribution in [3.8, 4) is 0 Å². The molecule has 5 heteroatoms. The van der Waals surface area contributed by atoms with Gasteiger partial charge in [-0.15, -0.1) is 0 Å². The van der Waals surface area contributed by atoms with Gasteiger partial charge in [0.25, 0.3) is 5.91 Å². The zero-order valence-corrected chi connectivity index (χ0v) is 14.1. The average Bonchev–Trinajstić information content (AvgIpc) is 2.63. The summed E-state index contributed by atoms with van der Waals surface area (Å²) in [6, 6.07) is 13.2. The maximum atomic E-state index is 12.3. The summed E-state index contributed by atoms with van der Waals surface area (Å²) >= 11 is 0. The van der Waals surface area contributed by atoms with Crippen LogP contribution in [0.25, 0.3) is 22.1 Å². The fraction of sp³-hybridized carbons (Fsp3) is 0.316. The van der Waals surface area contributed by atoms with Gasteiger partial charge in [-0.3, -0.25) is 4.79 Å². The topological polar surface area (TPSA) is 58.1 Å². The fourth-order valence-corrected chi connectivity index (χ4v) is 2.73. The van der Waals surface area contributed by atoms with E-state index in [-0.39, 0.29) is 5.91 Å². The second-order valence-electron chi connectivity index (χ2n) is 5.70. The van der Waals surface area contributed by atoms with Crippen LogP contribution < -0.4 is 5.32 Å². The largest absolute Gasteiger partial charge is 0.351 e. The second-order valence-corrected chi connectivity index (χ2v) is 5.70. The molecule has 0 radical (unpaired) electrons. The van der Waals surface area contributed by atoms with E-state index in [2.05, 4.69) is 34.0 Å². The van der Waals surface area contributed by atoms with E-state index in [1.807, 2.05) is 36.4 Å². The van der Waals surface area contributed by atoms with Gasteiger partial charge in [0, 0.05) is 18.7 Å². The molecule has 0 saturated heterocycles. The van der Waals surface area contributed by atoms with Crippen LogP contribution in [0.4, 0.5) is 0 Å². The highest BCUT2D eigenvalue weighted by atomic mass is 16.1. The molecule has 3 aromatic rings. The Balaban J connectivity index is 1.77. The van der Waals surface area contributed by atoms with Crippen LogP contribution in [-0.2, 0) is 0 Å². The van der Waals surface area contributed by atoms with Crippen molar-refractivity contribution in [3.05, 3.63) is 48.0 Å². The first-order valence-corrected chi connectivity index (χ1v) is 8.38. The summed E-state index contributed by atoms with van der Waals surface area (Å²) in [5.74, 6) is -0.0704. The van der Waals surface area contributed by atoms with E-state index in [4.69, 9.17) is 0 Å². The zero-order valence-electron chi connectivity index (χ0n) is 14.1. The number of likely N-dealkylation sites (N-methyl/N-ethyl adjacent to an activating group) is 1. The Morgan fingerprint density at radius 2 is 1.58 bits per heavy atom. The Labute approximate surface area is 141 Å². The monoisotopic (exact) mass is 322 g/mol. The average molecular weight is 322 g/mol. The predicted octanol–water partition coefficient (Wildman–Crippen LogP) is 2.85. The van der Waals surface area contributed by atoms with Crippen LogP contribution in [0.15, 0.2) is 42.5 Å². The molecule has 1 aromatic heterocycles. The van der Waals surface area contributed by atoms with Gasteiger partial charge in [0.1, 0.15) is 0 Å². The van der Waals surface area contributed by atoms with Crippen LogP contribution in [0.5, 0.6) is 0 Å². The molecule has 5 nitrogen and oxygen atoms in total. The third-order valence-electron chi connectivity index (χ3n) is 4.21. The number of hydrogen-bond donors (Lipinski definition) is 1. The first-order valence-electron chi connectivity index (χ1n) is 8.38. The standard InChI is InChI=1S/C19H22N4O/c1-3-23(4-2)12-11-20-19(24)14-9-10-17-18(13-14)22-16-8-6-5-7-15(16)21-17/h5-10,13H,3-4,11-12H2,1-2H3,(H,20,24). The lowest BCUT2D eigenvalue weighted by Crippen LogP contribution is -2.34. The Kier molecular flexibility index (Phi) is 5.01. The summed E-state index contributed by atoms with van der Waals surface area (Å²) in [5.41, 5.74) is 3.86. The van der Waals surface area contributed by atoms with E-state index in [1.165, 1.54) is 0 Å². The smallest absolute Gasteiger partial charge is 0.251 e. The van der Waals surface area contributed by atoms with Crippen LogP contribution >= 0.6 is 0 Å². The lowest BCUT2D eigenvalue weighted by Gasteiger charge is -2.17. The number of carbonyl (C=O) groups excluding carboxylic acids is 1. The van der Waals surface area contributed by atoms with Crippen molar-refractivity contribution in [1.82, 2.24) is 20.2 Å². The number of fused-ring (bicyclic) bond motifs is 2. The Morgan fingerprint density at radius 1 is 0.958 bits per heavy atom. The van der Waals surface area contributed by atoms with Gasteiger partial charge in [0.15, 0.2) is 0 Å². The van der Waals surface area contributed by atoms with Crippen LogP contribution in [-0.4, -0.2) is 47.0 Å². The summed E-state index contributed by atoms with van der Waals surface area (Å²) in [7, 11) is 0. The first-order chi connectivity index (χ1) is 11.7. The van der Waals surface area contributed by atoms with E-state index in [0.717, 1.165) is 41.7 Å². The number of carbonyl (C=O) groups is 1. The highest BCUT2D eigenvalue weighted by Crippen LogP contribution is 2.17. The lowest BCUT2D eigenvalue weighted by molar-refractivity contribution is 0.0949. The maximum Gasteiger partial charge on any atom is 0.251 e. The number of rotatable bonds is 6.